The number of aliphatic hydroxyl groups is 2. The molecule has 0 bridgehead atoms. The Kier molecular flexibility index (Phi) is 8.61. The minimum absolute atomic E-state index is 0. The lowest BCUT2D eigenvalue weighted by atomic mass is 10.1. The summed E-state index contributed by atoms with van der Waals surface area (Å²) in [6.45, 7) is 0.840. The molecule has 9 heteroatoms. The summed E-state index contributed by atoms with van der Waals surface area (Å²) in [5.74, 6) is 0.0539. The average Bonchev–Trinajstić information content (AvgIpc) is 3.09. The van der Waals surface area contributed by atoms with E-state index in [0.29, 0.717) is 24.4 Å². The zero-order valence-electron chi connectivity index (χ0n) is 16.4. The quantitative estimate of drug-likeness (QED) is 0.500. The Balaban J connectivity index is 0.00000320. The molecule has 2 amide bonds. The summed E-state index contributed by atoms with van der Waals surface area (Å²) in [5, 5.41) is 21.8. The Bertz CT molecular complexity index is 835. The van der Waals surface area contributed by atoms with Crippen LogP contribution in [-0.2, 0) is 17.9 Å². The highest BCUT2D eigenvalue weighted by Crippen LogP contribution is 2.14. The van der Waals surface area contributed by atoms with Crippen molar-refractivity contribution in [2.75, 3.05) is 19.7 Å². The van der Waals surface area contributed by atoms with E-state index in [1.807, 2.05) is 12.1 Å². The predicted molar refractivity (Wildman–Crippen MR) is 113 cm³/mol. The Morgan fingerprint density at radius 2 is 1.57 bits per heavy atom. The van der Waals surface area contributed by atoms with E-state index < -0.39 is 12.2 Å². The first-order valence-electron chi connectivity index (χ1n) is 9.39. The highest BCUT2D eigenvalue weighted by Gasteiger charge is 2.32. The van der Waals surface area contributed by atoms with E-state index in [1.54, 1.807) is 36.4 Å². The maximum Gasteiger partial charge on any atom is 0.260 e. The molecule has 1 saturated heterocycles. The summed E-state index contributed by atoms with van der Waals surface area (Å²) in [6, 6.07) is 14.2. The van der Waals surface area contributed by atoms with Gasteiger partial charge in [0.05, 0.1) is 12.2 Å². The number of carbonyl (C=O) groups is 2. The summed E-state index contributed by atoms with van der Waals surface area (Å²) in [5.41, 5.74) is 7.97. The highest BCUT2D eigenvalue weighted by molar-refractivity contribution is 5.94. The molecule has 1 fully saturated rings. The number of β-amino-alcohol motifs (C(OH)–C–C–N with tert-alkyl or cyclic N) is 2. The first-order valence-corrected chi connectivity index (χ1v) is 9.39. The molecular formula is C21H26ClN3O5. The molecule has 1 heterocycles. The zero-order valence-corrected chi connectivity index (χ0v) is 17.2. The van der Waals surface area contributed by atoms with Gasteiger partial charge in [-0.2, -0.15) is 0 Å². The summed E-state index contributed by atoms with van der Waals surface area (Å²) in [7, 11) is 0. The van der Waals surface area contributed by atoms with Crippen LogP contribution in [-0.4, -0.2) is 58.8 Å². The number of nitrogens with two attached hydrogens (primary N) is 1. The molecule has 0 spiro atoms. The van der Waals surface area contributed by atoms with Crippen molar-refractivity contribution in [1.82, 2.24) is 10.2 Å². The molecular weight excluding hydrogens is 410 g/mol. The van der Waals surface area contributed by atoms with Gasteiger partial charge in [-0.25, -0.2) is 0 Å². The second kappa shape index (κ2) is 10.9. The molecule has 3 rings (SSSR count). The van der Waals surface area contributed by atoms with Gasteiger partial charge in [0.1, 0.15) is 5.75 Å². The third-order valence-corrected chi connectivity index (χ3v) is 4.80. The Morgan fingerprint density at radius 1 is 1.00 bits per heavy atom. The van der Waals surface area contributed by atoms with E-state index in [2.05, 4.69) is 5.32 Å². The fraction of sp³-hybridized carbons (Fsp3) is 0.333. The number of halogens is 1. The monoisotopic (exact) mass is 435 g/mol. The molecule has 162 valence electrons. The van der Waals surface area contributed by atoms with Crippen molar-refractivity contribution >= 4 is 24.2 Å². The number of hydrogen-bond donors (Lipinski definition) is 4. The number of ether oxygens (including phenoxy) is 1. The normalized spacial score (nSPS) is 17.9. The van der Waals surface area contributed by atoms with Crippen LogP contribution in [0.25, 0.3) is 0 Å². The minimum Gasteiger partial charge on any atom is -0.484 e. The van der Waals surface area contributed by atoms with Crippen LogP contribution in [0.4, 0.5) is 0 Å². The summed E-state index contributed by atoms with van der Waals surface area (Å²) in [6.07, 6.45) is -1.82. The van der Waals surface area contributed by atoms with E-state index in [9.17, 15) is 19.8 Å². The van der Waals surface area contributed by atoms with Crippen LogP contribution < -0.4 is 15.8 Å². The van der Waals surface area contributed by atoms with Crippen LogP contribution in [0.2, 0.25) is 0 Å². The molecule has 0 aromatic heterocycles. The van der Waals surface area contributed by atoms with Gasteiger partial charge >= 0.3 is 0 Å². The topological polar surface area (TPSA) is 125 Å². The van der Waals surface area contributed by atoms with Gasteiger partial charge in [0.2, 0.25) is 0 Å². The lowest BCUT2D eigenvalue weighted by Gasteiger charge is -2.15. The van der Waals surface area contributed by atoms with Gasteiger partial charge in [0, 0.05) is 31.7 Å². The average molecular weight is 436 g/mol. The van der Waals surface area contributed by atoms with Crippen molar-refractivity contribution < 1.29 is 24.5 Å². The fourth-order valence-electron chi connectivity index (χ4n) is 2.99. The van der Waals surface area contributed by atoms with Crippen LogP contribution in [0, 0.1) is 0 Å². The maximum atomic E-state index is 12.2. The number of carbonyl (C=O) groups excluding carboxylic acids is 2. The maximum absolute atomic E-state index is 12.2. The van der Waals surface area contributed by atoms with Crippen molar-refractivity contribution in [2.24, 2.45) is 5.73 Å². The van der Waals surface area contributed by atoms with Gasteiger partial charge < -0.3 is 30.9 Å². The largest absolute Gasteiger partial charge is 0.484 e. The second-order valence-corrected chi connectivity index (χ2v) is 6.95. The first-order chi connectivity index (χ1) is 14.0. The molecule has 0 aliphatic carbocycles. The SMILES string of the molecule is Cl.NCc1ccc(C(=O)NCc2ccc(OCC(=O)N3C[C@@H](O)[C@H](O)C3)cc2)cc1. The number of aliphatic hydroxyl groups excluding tert-OH is 2. The number of nitrogens with one attached hydrogen (secondary N) is 1. The van der Waals surface area contributed by atoms with Crippen molar-refractivity contribution in [1.29, 1.82) is 0 Å². The number of hydrogen-bond acceptors (Lipinski definition) is 6. The van der Waals surface area contributed by atoms with E-state index in [1.165, 1.54) is 4.90 Å². The van der Waals surface area contributed by atoms with Crippen molar-refractivity contribution in [2.45, 2.75) is 25.3 Å². The van der Waals surface area contributed by atoms with Crippen LogP contribution in [0.1, 0.15) is 21.5 Å². The number of rotatable bonds is 7. The molecule has 1 aliphatic rings. The lowest BCUT2D eigenvalue weighted by molar-refractivity contribution is -0.132. The van der Waals surface area contributed by atoms with Crippen molar-refractivity contribution in [3.8, 4) is 5.75 Å². The molecule has 2 aromatic rings. The molecule has 2 atom stereocenters. The van der Waals surface area contributed by atoms with E-state index in [-0.39, 0.29) is 43.9 Å². The van der Waals surface area contributed by atoms with Crippen LogP contribution in [0.5, 0.6) is 5.75 Å². The summed E-state index contributed by atoms with van der Waals surface area (Å²) < 4.78 is 5.47. The minimum atomic E-state index is -0.910. The van der Waals surface area contributed by atoms with Crippen LogP contribution in [0.3, 0.4) is 0 Å². The second-order valence-electron chi connectivity index (χ2n) is 6.95. The smallest absolute Gasteiger partial charge is 0.260 e. The molecule has 0 unspecified atom stereocenters. The molecule has 0 radical (unpaired) electrons. The molecule has 0 saturated carbocycles. The summed E-state index contributed by atoms with van der Waals surface area (Å²) in [4.78, 5) is 25.6. The lowest BCUT2D eigenvalue weighted by Crippen LogP contribution is -2.33. The van der Waals surface area contributed by atoms with Crippen LogP contribution >= 0.6 is 12.4 Å². The Morgan fingerprint density at radius 3 is 2.13 bits per heavy atom. The van der Waals surface area contributed by atoms with Gasteiger partial charge in [0.25, 0.3) is 11.8 Å². The standard InChI is InChI=1S/C21H25N3O5.ClH/c22-9-14-1-5-16(6-2-14)21(28)23-10-15-3-7-17(8-4-15)29-13-20(27)24-11-18(25)19(26)12-24;/h1-8,18-19,25-26H,9-13,22H2,(H,23,28);1H/t18-,19-;/m1./s1. The Hall–Kier alpha value is -2.65. The molecule has 2 aromatic carbocycles. The fourth-order valence-corrected chi connectivity index (χ4v) is 2.99. The van der Waals surface area contributed by atoms with Crippen LogP contribution in [0.15, 0.2) is 48.5 Å². The van der Waals surface area contributed by atoms with Gasteiger partial charge in [-0.05, 0) is 35.4 Å². The number of amides is 2. The van der Waals surface area contributed by atoms with Gasteiger partial charge in [0.15, 0.2) is 6.61 Å². The van der Waals surface area contributed by atoms with E-state index >= 15 is 0 Å². The third kappa shape index (κ3) is 6.17. The summed E-state index contributed by atoms with van der Waals surface area (Å²) >= 11 is 0. The number of benzene rings is 2. The zero-order chi connectivity index (χ0) is 20.8. The van der Waals surface area contributed by atoms with E-state index in [0.717, 1.165) is 11.1 Å². The number of likely N-dealkylation sites (tertiary alicyclic amines) is 1. The third-order valence-electron chi connectivity index (χ3n) is 4.80. The van der Waals surface area contributed by atoms with Crippen molar-refractivity contribution in [3.05, 3.63) is 65.2 Å². The molecule has 30 heavy (non-hydrogen) atoms. The van der Waals surface area contributed by atoms with Gasteiger partial charge in [-0.1, -0.05) is 24.3 Å². The molecule has 8 nitrogen and oxygen atoms in total. The highest BCUT2D eigenvalue weighted by atomic mass is 35.5. The predicted octanol–water partition coefficient (Wildman–Crippen LogP) is 0.440. The first kappa shape index (κ1) is 23.6. The molecule has 1 aliphatic heterocycles. The van der Waals surface area contributed by atoms with Gasteiger partial charge in [-0.3, -0.25) is 9.59 Å². The number of nitrogens with zero attached hydrogens (tertiary/aromatic N) is 1. The Labute approximate surface area is 181 Å². The van der Waals surface area contributed by atoms with E-state index in [4.69, 9.17) is 10.5 Å². The molecule has 5 N–H and O–H groups in total. The van der Waals surface area contributed by atoms with Gasteiger partial charge in [-0.15, -0.1) is 12.4 Å². The van der Waals surface area contributed by atoms with Crippen molar-refractivity contribution in [3.63, 3.8) is 0 Å².